The topological polar surface area (TPSA) is 30.5 Å². The van der Waals surface area contributed by atoms with Crippen molar-refractivity contribution in [3.05, 3.63) is 54.6 Å². The van der Waals surface area contributed by atoms with Gasteiger partial charge in [0.1, 0.15) is 18.5 Å². The molecule has 0 aromatic heterocycles. The molecule has 1 saturated heterocycles. The van der Waals surface area contributed by atoms with Crippen LogP contribution in [0, 0.1) is 0 Å². The van der Waals surface area contributed by atoms with Crippen molar-refractivity contribution >= 4 is 0 Å². The van der Waals surface area contributed by atoms with Gasteiger partial charge in [-0.3, -0.25) is 0 Å². The van der Waals surface area contributed by atoms with Crippen molar-refractivity contribution in [3.63, 3.8) is 0 Å². The highest BCUT2D eigenvalue weighted by atomic mass is 16.5. The lowest BCUT2D eigenvalue weighted by Gasteiger charge is -2.23. The predicted molar refractivity (Wildman–Crippen MR) is 80.0 cm³/mol. The van der Waals surface area contributed by atoms with Crippen LogP contribution in [0.5, 0.6) is 5.75 Å². The maximum atomic E-state index is 5.77. The zero-order chi connectivity index (χ0) is 13.6. The molecule has 2 aromatic rings. The minimum Gasteiger partial charge on any atom is -0.491 e. The van der Waals surface area contributed by atoms with Gasteiger partial charge < -0.3 is 14.8 Å². The third-order valence-corrected chi connectivity index (χ3v) is 3.40. The Hall–Kier alpha value is -1.84. The number of rotatable bonds is 4. The van der Waals surface area contributed by atoms with Gasteiger partial charge in [0.15, 0.2) is 0 Å². The van der Waals surface area contributed by atoms with Crippen LogP contribution in [0.15, 0.2) is 54.6 Å². The number of morpholine rings is 1. The van der Waals surface area contributed by atoms with E-state index >= 15 is 0 Å². The van der Waals surface area contributed by atoms with Gasteiger partial charge in [0.2, 0.25) is 0 Å². The number of hydrogen-bond acceptors (Lipinski definition) is 3. The molecular weight excluding hydrogens is 250 g/mol. The van der Waals surface area contributed by atoms with Gasteiger partial charge in [-0.25, -0.2) is 0 Å². The smallest absolute Gasteiger partial charge is 0.119 e. The number of benzene rings is 2. The van der Waals surface area contributed by atoms with Crippen molar-refractivity contribution in [2.45, 2.75) is 6.10 Å². The zero-order valence-corrected chi connectivity index (χ0v) is 11.4. The van der Waals surface area contributed by atoms with Crippen molar-refractivity contribution in [1.29, 1.82) is 0 Å². The van der Waals surface area contributed by atoms with Gasteiger partial charge in [-0.1, -0.05) is 42.5 Å². The van der Waals surface area contributed by atoms with Gasteiger partial charge in [0.05, 0.1) is 6.61 Å². The lowest BCUT2D eigenvalue weighted by Crippen LogP contribution is -2.41. The molecule has 0 saturated carbocycles. The summed E-state index contributed by atoms with van der Waals surface area (Å²) in [7, 11) is 0. The highest BCUT2D eigenvalue weighted by Crippen LogP contribution is 2.22. The summed E-state index contributed by atoms with van der Waals surface area (Å²) in [6.45, 7) is 3.16. The first-order chi connectivity index (χ1) is 9.92. The van der Waals surface area contributed by atoms with Crippen LogP contribution in [0.25, 0.3) is 11.1 Å². The molecule has 104 valence electrons. The van der Waals surface area contributed by atoms with Gasteiger partial charge in [-0.05, 0) is 23.3 Å². The fourth-order valence-electron chi connectivity index (χ4n) is 2.29. The second kappa shape index (κ2) is 6.55. The van der Waals surface area contributed by atoms with Crippen LogP contribution >= 0.6 is 0 Å². The molecule has 1 aliphatic rings. The summed E-state index contributed by atoms with van der Waals surface area (Å²) >= 11 is 0. The molecule has 1 aliphatic heterocycles. The predicted octanol–water partition coefficient (Wildman–Crippen LogP) is 2.72. The third-order valence-electron chi connectivity index (χ3n) is 3.40. The first-order valence-electron chi connectivity index (χ1n) is 7.02. The van der Waals surface area contributed by atoms with Crippen LogP contribution < -0.4 is 10.1 Å². The summed E-state index contributed by atoms with van der Waals surface area (Å²) in [5.41, 5.74) is 2.42. The molecule has 20 heavy (non-hydrogen) atoms. The first-order valence-corrected chi connectivity index (χ1v) is 7.02. The van der Waals surface area contributed by atoms with Crippen LogP contribution in [-0.2, 0) is 4.74 Å². The van der Waals surface area contributed by atoms with Crippen LogP contribution in [0.4, 0.5) is 0 Å². The summed E-state index contributed by atoms with van der Waals surface area (Å²) < 4.78 is 11.4. The maximum absolute atomic E-state index is 5.77. The van der Waals surface area contributed by atoms with E-state index in [0.717, 1.165) is 25.4 Å². The molecule has 0 aliphatic carbocycles. The van der Waals surface area contributed by atoms with Crippen molar-refractivity contribution in [3.8, 4) is 16.9 Å². The molecule has 1 heterocycles. The summed E-state index contributed by atoms with van der Waals surface area (Å²) in [5.74, 6) is 0.888. The van der Waals surface area contributed by atoms with Crippen molar-refractivity contribution < 1.29 is 9.47 Å². The quantitative estimate of drug-likeness (QED) is 0.925. The fraction of sp³-hybridized carbons (Fsp3) is 0.294. The highest BCUT2D eigenvalue weighted by molar-refractivity contribution is 5.63. The summed E-state index contributed by atoms with van der Waals surface area (Å²) in [4.78, 5) is 0. The SMILES string of the molecule is c1ccc(-c2ccc(OCC3CNCCO3)cc2)cc1. The maximum Gasteiger partial charge on any atom is 0.119 e. The van der Waals surface area contributed by atoms with Gasteiger partial charge in [0, 0.05) is 13.1 Å². The molecule has 1 fully saturated rings. The molecule has 3 heteroatoms. The fourth-order valence-corrected chi connectivity index (χ4v) is 2.29. The van der Waals surface area contributed by atoms with E-state index in [1.165, 1.54) is 11.1 Å². The molecule has 0 bridgehead atoms. The van der Waals surface area contributed by atoms with Crippen LogP contribution in [0.2, 0.25) is 0 Å². The number of hydrogen-bond donors (Lipinski definition) is 1. The van der Waals surface area contributed by atoms with Gasteiger partial charge in [-0.15, -0.1) is 0 Å². The molecule has 0 amide bonds. The standard InChI is InChI=1S/C17H19NO2/c1-2-4-14(5-3-1)15-6-8-16(9-7-15)20-13-17-12-18-10-11-19-17/h1-9,17-18H,10-13H2. The Morgan fingerprint density at radius 3 is 2.45 bits per heavy atom. The van der Waals surface area contributed by atoms with Crippen LogP contribution in [-0.4, -0.2) is 32.4 Å². The second-order valence-corrected chi connectivity index (χ2v) is 4.90. The minimum absolute atomic E-state index is 0.151. The summed E-state index contributed by atoms with van der Waals surface area (Å²) in [5, 5.41) is 3.30. The van der Waals surface area contributed by atoms with Gasteiger partial charge in [-0.2, -0.15) is 0 Å². The Labute approximate surface area is 119 Å². The molecular formula is C17H19NO2. The average Bonchev–Trinajstić information content (AvgIpc) is 2.55. The van der Waals surface area contributed by atoms with E-state index in [1.807, 2.05) is 30.3 Å². The largest absolute Gasteiger partial charge is 0.491 e. The monoisotopic (exact) mass is 269 g/mol. The molecule has 1 N–H and O–H groups in total. The first kappa shape index (κ1) is 13.2. The normalized spacial score (nSPS) is 18.7. The van der Waals surface area contributed by atoms with E-state index in [2.05, 4.69) is 29.6 Å². The number of ether oxygens (including phenoxy) is 2. The van der Waals surface area contributed by atoms with E-state index in [-0.39, 0.29) is 6.10 Å². The Bertz CT molecular complexity index is 518. The number of nitrogens with one attached hydrogen (secondary N) is 1. The molecule has 0 radical (unpaired) electrons. The Kier molecular flexibility index (Phi) is 4.31. The van der Waals surface area contributed by atoms with Gasteiger partial charge in [0.25, 0.3) is 0 Å². The lowest BCUT2D eigenvalue weighted by atomic mass is 10.1. The van der Waals surface area contributed by atoms with Crippen LogP contribution in [0.3, 0.4) is 0 Å². The summed E-state index contributed by atoms with van der Waals surface area (Å²) in [6, 6.07) is 18.5. The van der Waals surface area contributed by atoms with E-state index in [0.29, 0.717) is 6.61 Å². The molecule has 3 rings (SSSR count). The van der Waals surface area contributed by atoms with Crippen molar-refractivity contribution in [2.75, 3.05) is 26.3 Å². The highest BCUT2D eigenvalue weighted by Gasteiger charge is 2.13. The van der Waals surface area contributed by atoms with Crippen molar-refractivity contribution in [2.24, 2.45) is 0 Å². The van der Waals surface area contributed by atoms with E-state index in [9.17, 15) is 0 Å². The van der Waals surface area contributed by atoms with Crippen molar-refractivity contribution in [1.82, 2.24) is 5.32 Å². The Morgan fingerprint density at radius 2 is 1.75 bits per heavy atom. The zero-order valence-electron chi connectivity index (χ0n) is 11.4. The van der Waals surface area contributed by atoms with E-state index < -0.39 is 0 Å². The Balaban J connectivity index is 1.58. The molecule has 0 spiro atoms. The second-order valence-electron chi connectivity index (χ2n) is 4.90. The molecule has 1 atom stereocenters. The van der Waals surface area contributed by atoms with E-state index in [1.54, 1.807) is 0 Å². The third kappa shape index (κ3) is 3.38. The molecule has 2 aromatic carbocycles. The average molecular weight is 269 g/mol. The van der Waals surface area contributed by atoms with Crippen LogP contribution in [0.1, 0.15) is 0 Å². The lowest BCUT2D eigenvalue weighted by molar-refractivity contribution is 0.000198. The molecule has 3 nitrogen and oxygen atoms in total. The van der Waals surface area contributed by atoms with Gasteiger partial charge >= 0.3 is 0 Å². The summed E-state index contributed by atoms with van der Waals surface area (Å²) in [6.07, 6.45) is 0.151. The minimum atomic E-state index is 0.151. The Morgan fingerprint density at radius 1 is 1.00 bits per heavy atom. The molecule has 1 unspecified atom stereocenters. The van der Waals surface area contributed by atoms with E-state index in [4.69, 9.17) is 9.47 Å².